The first-order valence-electron chi connectivity index (χ1n) is 5.23. The molecule has 0 atom stereocenters. The fourth-order valence-corrected chi connectivity index (χ4v) is 1.97. The van der Waals surface area contributed by atoms with Gasteiger partial charge in [-0.3, -0.25) is 4.68 Å². The highest BCUT2D eigenvalue weighted by molar-refractivity contribution is 9.10. The Balaban J connectivity index is 2.34. The van der Waals surface area contributed by atoms with Crippen molar-refractivity contribution >= 4 is 21.7 Å². The molecule has 0 aliphatic rings. The minimum atomic E-state index is 0.644. The van der Waals surface area contributed by atoms with Crippen molar-refractivity contribution in [2.24, 2.45) is 5.84 Å². The number of nitrogen functional groups attached to an aromatic ring is 1. The predicted molar refractivity (Wildman–Crippen MR) is 70.6 cm³/mol. The van der Waals surface area contributed by atoms with Gasteiger partial charge in [-0.1, -0.05) is 6.07 Å². The number of aromatic nitrogens is 3. The quantitative estimate of drug-likeness (QED) is 0.671. The fourth-order valence-electron chi connectivity index (χ4n) is 1.69. The van der Waals surface area contributed by atoms with Gasteiger partial charge in [0.25, 0.3) is 0 Å². The van der Waals surface area contributed by atoms with Crippen molar-refractivity contribution in [2.75, 3.05) is 5.43 Å². The van der Waals surface area contributed by atoms with Crippen molar-refractivity contribution in [3.63, 3.8) is 0 Å². The van der Waals surface area contributed by atoms with Gasteiger partial charge in [0.2, 0.25) is 0 Å². The minimum Gasteiger partial charge on any atom is -0.308 e. The number of pyridine rings is 1. The van der Waals surface area contributed by atoms with E-state index in [0.717, 1.165) is 21.4 Å². The molecule has 0 aromatic carbocycles. The average molecular weight is 296 g/mol. The van der Waals surface area contributed by atoms with Gasteiger partial charge in [-0.05, 0) is 35.8 Å². The SMILES string of the molecule is Cc1nn(Cc2cccnc2NN)c(C)c1Br. The predicted octanol–water partition coefficient (Wildman–Crippen LogP) is 1.99. The van der Waals surface area contributed by atoms with Crippen LogP contribution in [0.25, 0.3) is 0 Å². The maximum atomic E-state index is 5.43. The maximum absolute atomic E-state index is 5.43. The van der Waals surface area contributed by atoms with E-state index in [2.05, 4.69) is 31.4 Å². The molecule has 5 nitrogen and oxygen atoms in total. The lowest BCUT2D eigenvalue weighted by molar-refractivity contribution is 0.658. The zero-order valence-corrected chi connectivity index (χ0v) is 11.3. The zero-order valence-electron chi connectivity index (χ0n) is 9.74. The molecule has 2 aromatic heterocycles. The van der Waals surface area contributed by atoms with Crippen molar-refractivity contribution in [3.05, 3.63) is 39.8 Å². The summed E-state index contributed by atoms with van der Waals surface area (Å²) in [4.78, 5) is 4.16. The van der Waals surface area contributed by atoms with Crippen molar-refractivity contribution in [2.45, 2.75) is 20.4 Å². The van der Waals surface area contributed by atoms with E-state index < -0.39 is 0 Å². The summed E-state index contributed by atoms with van der Waals surface area (Å²) in [6.45, 7) is 4.64. The van der Waals surface area contributed by atoms with E-state index in [9.17, 15) is 0 Å². The summed E-state index contributed by atoms with van der Waals surface area (Å²) in [6, 6.07) is 3.86. The Morgan fingerprint density at radius 1 is 1.47 bits per heavy atom. The van der Waals surface area contributed by atoms with E-state index in [4.69, 9.17) is 5.84 Å². The van der Waals surface area contributed by atoms with Gasteiger partial charge in [-0.15, -0.1) is 0 Å². The molecule has 0 amide bonds. The summed E-state index contributed by atoms with van der Waals surface area (Å²) in [7, 11) is 0. The van der Waals surface area contributed by atoms with Crippen molar-refractivity contribution < 1.29 is 0 Å². The van der Waals surface area contributed by atoms with E-state index in [1.807, 2.05) is 30.7 Å². The largest absolute Gasteiger partial charge is 0.308 e. The van der Waals surface area contributed by atoms with Crippen molar-refractivity contribution in [3.8, 4) is 0 Å². The Hall–Kier alpha value is -1.40. The molecule has 0 spiro atoms. The van der Waals surface area contributed by atoms with E-state index in [-0.39, 0.29) is 0 Å². The highest BCUT2D eigenvalue weighted by Crippen LogP contribution is 2.21. The molecule has 3 N–H and O–H groups in total. The van der Waals surface area contributed by atoms with Crippen LogP contribution < -0.4 is 11.3 Å². The average Bonchev–Trinajstić information content (AvgIpc) is 2.58. The van der Waals surface area contributed by atoms with Crippen LogP contribution in [0.15, 0.2) is 22.8 Å². The van der Waals surface area contributed by atoms with Crippen molar-refractivity contribution in [1.29, 1.82) is 0 Å². The van der Waals surface area contributed by atoms with Crippen LogP contribution in [0.2, 0.25) is 0 Å². The monoisotopic (exact) mass is 295 g/mol. The molecule has 0 aliphatic heterocycles. The summed E-state index contributed by atoms with van der Waals surface area (Å²) in [5, 5.41) is 4.45. The lowest BCUT2D eigenvalue weighted by Gasteiger charge is -2.08. The van der Waals surface area contributed by atoms with Gasteiger partial charge in [0.1, 0.15) is 5.82 Å². The maximum Gasteiger partial charge on any atom is 0.144 e. The lowest BCUT2D eigenvalue weighted by Crippen LogP contribution is -2.13. The van der Waals surface area contributed by atoms with Gasteiger partial charge in [-0.25, -0.2) is 10.8 Å². The van der Waals surface area contributed by atoms with Gasteiger partial charge in [-0.2, -0.15) is 5.10 Å². The molecule has 0 saturated heterocycles. The smallest absolute Gasteiger partial charge is 0.144 e. The molecule has 90 valence electrons. The normalized spacial score (nSPS) is 10.6. The van der Waals surface area contributed by atoms with E-state index >= 15 is 0 Å². The summed E-state index contributed by atoms with van der Waals surface area (Å²) in [6.07, 6.45) is 1.70. The fraction of sp³-hybridized carbons (Fsp3) is 0.273. The number of halogens is 1. The van der Waals surface area contributed by atoms with Crippen LogP contribution in [-0.2, 0) is 6.54 Å². The molecular formula is C11H14BrN5. The topological polar surface area (TPSA) is 68.8 Å². The molecule has 0 bridgehead atoms. The van der Waals surface area contributed by atoms with Gasteiger partial charge >= 0.3 is 0 Å². The standard InChI is InChI=1S/C11H14BrN5/c1-7-10(12)8(2)17(16-7)6-9-4-3-5-14-11(9)15-13/h3-5H,6,13H2,1-2H3,(H,14,15). The Labute approximate surface area is 108 Å². The summed E-state index contributed by atoms with van der Waals surface area (Å²) < 4.78 is 2.97. The molecule has 2 heterocycles. The molecule has 0 saturated carbocycles. The van der Waals surface area contributed by atoms with Crippen molar-refractivity contribution in [1.82, 2.24) is 14.8 Å². The van der Waals surface area contributed by atoms with Crippen LogP contribution in [0.5, 0.6) is 0 Å². The van der Waals surface area contributed by atoms with Gasteiger partial charge in [0, 0.05) is 11.8 Å². The molecule has 0 fully saturated rings. The Bertz CT molecular complexity index is 535. The summed E-state index contributed by atoms with van der Waals surface area (Å²) in [5.41, 5.74) is 5.67. The number of nitrogens with two attached hydrogens (primary N) is 1. The lowest BCUT2D eigenvalue weighted by atomic mass is 10.2. The molecule has 6 heteroatoms. The zero-order chi connectivity index (χ0) is 12.4. The number of anilines is 1. The van der Waals surface area contributed by atoms with Crippen LogP contribution in [0, 0.1) is 13.8 Å². The number of hydrogen-bond acceptors (Lipinski definition) is 4. The van der Waals surface area contributed by atoms with Gasteiger partial charge < -0.3 is 5.43 Å². The van der Waals surface area contributed by atoms with Crippen LogP contribution >= 0.6 is 15.9 Å². The number of hydrogen-bond donors (Lipinski definition) is 2. The highest BCUT2D eigenvalue weighted by atomic mass is 79.9. The second-order valence-corrected chi connectivity index (χ2v) is 4.59. The van der Waals surface area contributed by atoms with Gasteiger partial charge in [0.05, 0.1) is 22.4 Å². The van der Waals surface area contributed by atoms with Crippen LogP contribution in [-0.4, -0.2) is 14.8 Å². The number of aryl methyl sites for hydroxylation is 1. The highest BCUT2D eigenvalue weighted by Gasteiger charge is 2.10. The van der Waals surface area contributed by atoms with Crippen LogP contribution in [0.3, 0.4) is 0 Å². The Morgan fingerprint density at radius 3 is 2.82 bits per heavy atom. The first-order chi connectivity index (χ1) is 8.13. The number of hydrazine groups is 1. The molecular weight excluding hydrogens is 282 g/mol. The Morgan fingerprint density at radius 2 is 2.24 bits per heavy atom. The van der Waals surface area contributed by atoms with E-state index in [1.54, 1.807) is 6.20 Å². The third kappa shape index (κ3) is 2.32. The number of nitrogens with zero attached hydrogens (tertiary/aromatic N) is 3. The molecule has 2 rings (SSSR count). The molecule has 0 unspecified atom stereocenters. The van der Waals surface area contributed by atoms with Crippen LogP contribution in [0.4, 0.5) is 5.82 Å². The molecule has 2 aromatic rings. The molecule has 17 heavy (non-hydrogen) atoms. The first-order valence-corrected chi connectivity index (χ1v) is 6.02. The summed E-state index contributed by atoms with van der Waals surface area (Å²) in [5.74, 6) is 6.10. The number of rotatable bonds is 3. The third-order valence-corrected chi connectivity index (χ3v) is 3.79. The molecule has 0 aliphatic carbocycles. The van der Waals surface area contributed by atoms with E-state index in [1.165, 1.54) is 0 Å². The second kappa shape index (κ2) is 4.85. The van der Waals surface area contributed by atoms with Gasteiger partial charge in [0.15, 0.2) is 0 Å². The third-order valence-electron chi connectivity index (χ3n) is 2.64. The first kappa shape index (κ1) is 12.1. The van der Waals surface area contributed by atoms with E-state index in [0.29, 0.717) is 12.4 Å². The molecule has 0 radical (unpaired) electrons. The summed E-state index contributed by atoms with van der Waals surface area (Å²) >= 11 is 3.51. The minimum absolute atomic E-state index is 0.644. The van der Waals surface area contributed by atoms with Crippen LogP contribution in [0.1, 0.15) is 17.0 Å². The number of nitrogens with one attached hydrogen (secondary N) is 1. The Kier molecular flexibility index (Phi) is 3.44. The second-order valence-electron chi connectivity index (χ2n) is 3.80.